The van der Waals surface area contributed by atoms with Crippen LogP contribution >= 0.6 is 0 Å². The van der Waals surface area contributed by atoms with Crippen molar-refractivity contribution in [1.29, 1.82) is 0 Å². The number of halogens is 1. The number of esters is 2. The van der Waals surface area contributed by atoms with Gasteiger partial charge in [0.1, 0.15) is 11.6 Å². The van der Waals surface area contributed by atoms with Crippen LogP contribution in [0.2, 0.25) is 0 Å². The summed E-state index contributed by atoms with van der Waals surface area (Å²) >= 11 is 0. The maximum absolute atomic E-state index is 13.2. The summed E-state index contributed by atoms with van der Waals surface area (Å²) in [6, 6.07) is 6.06. The monoisotopic (exact) mass is 520 g/mol. The van der Waals surface area contributed by atoms with Crippen molar-refractivity contribution in [3.05, 3.63) is 35.6 Å². The molecular formula is C31H49FO5. The molecule has 0 spiro atoms. The Morgan fingerprint density at radius 3 is 2.03 bits per heavy atom. The van der Waals surface area contributed by atoms with Crippen molar-refractivity contribution in [3.8, 4) is 0 Å². The molecule has 0 aromatic heterocycles. The molecule has 0 amide bonds. The van der Waals surface area contributed by atoms with Gasteiger partial charge in [-0.15, -0.1) is 0 Å². The van der Waals surface area contributed by atoms with Gasteiger partial charge in [-0.05, 0) is 73.5 Å². The summed E-state index contributed by atoms with van der Waals surface area (Å²) in [5.41, 5.74) is -0.0253. The number of rotatable bonds is 17. The maximum atomic E-state index is 13.2. The van der Waals surface area contributed by atoms with Gasteiger partial charge >= 0.3 is 11.9 Å². The highest BCUT2D eigenvalue weighted by Crippen LogP contribution is 2.39. The van der Waals surface area contributed by atoms with Gasteiger partial charge < -0.3 is 9.47 Å². The number of hydrogen-bond acceptors (Lipinski definition) is 5. The fraction of sp³-hybridized carbons (Fsp3) is 0.710. The number of Topliss-reactive ketones (excluding diaryl/α,β-unsaturated/α-hetero) is 1. The largest absolute Gasteiger partial charge is 0.466 e. The van der Waals surface area contributed by atoms with Gasteiger partial charge in [0.05, 0.1) is 19.1 Å². The third-order valence-corrected chi connectivity index (χ3v) is 7.64. The Bertz CT molecular complexity index is 870. The van der Waals surface area contributed by atoms with Crippen LogP contribution in [-0.2, 0) is 30.3 Å². The van der Waals surface area contributed by atoms with E-state index in [4.69, 9.17) is 9.47 Å². The van der Waals surface area contributed by atoms with E-state index < -0.39 is 5.41 Å². The average molecular weight is 521 g/mol. The normalized spacial score (nSPS) is 13.2. The van der Waals surface area contributed by atoms with Gasteiger partial charge in [0, 0.05) is 18.8 Å². The predicted octanol–water partition coefficient (Wildman–Crippen LogP) is 7.49. The van der Waals surface area contributed by atoms with E-state index >= 15 is 0 Å². The lowest BCUT2D eigenvalue weighted by Gasteiger charge is -2.35. The summed E-state index contributed by atoms with van der Waals surface area (Å²) < 4.78 is 23.9. The van der Waals surface area contributed by atoms with Crippen LogP contribution in [-0.4, -0.2) is 30.9 Å². The van der Waals surface area contributed by atoms with Crippen LogP contribution in [0.3, 0.4) is 0 Å². The zero-order chi connectivity index (χ0) is 28.3. The Morgan fingerprint density at radius 1 is 0.838 bits per heavy atom. The number of hydrogen-bond donors (Lipinski definition) is 0. The summed E-state index contributed by atoms with van der Waals surface area (Å²) in [7, 11) is 0. The van der Waals surface area contributed by atoms with E-state index in [2.05, 4.69) is 27.7 Å². The lowest BCUT2D eigenvalue weighted by atomic mass is 9.69. The smallest absolute Gasteiger partial charge is 0.309 e. The lowest BCUT2D eigenvalue weighted by Crippen LogP contribution is -2.35. The number of carbonyl (C=O) groups is 3. The Labute approximate surface area is 223 Å². The van der Waals surface area contributed by atoms with Gasteiger partial charge in [-0.2, -0.15) is 0 Å². The van der Waals surface area contributed by atoms with Crippen LogP contribution in [0.5, 0.6) is 0 Å². The van der Waals surface area contributed by atoms with Crippen LogP contribution in [0.15, 0.2) is 24.3 Å². The Hall–Kier alpha value is -2.24. The van der Waals surface area contributed by atoms with E-state index in [1.807, 2.05) is 20.8 Å². The topological polar surface area (TPSA) is 69.7 Å². The highest BCUT2D eigenvalue weighted by atomic mass is 19.1. The average Bonchev–Trinajstić information content (AvgIpc) is 2.79. The second kappa shape index (κ2) is 14.6. The second-order valence-electron chi connectivity index (χ2n) is 12.4. The van der Waals surface area contributed by atoms with Crippen molar-refractivity contribution in [3.63, 3.8) is 0 Å². The number of benzene rings is 1. The molecule has 1 atom stereocenters. The lowest BCUT2D eigenvalue weighted by molar-refractivity contribution is -0.154. The number of ether oxygens (including phenoxy) is 2. The predicted molar refractivity (Wildman–Crippen MR) is 146 cm³/mol. The minimum Gasteiger partial charge on any atom is -0.466 e. The number of carbonyl (C=O) groups excluding carboxylic acids is 3. The zero-order valence-electron chi connectivity index (χ0n) is 24.4. The minimum absolute atomic E-state index is 0.0304. The van der Waals surface area contributed by atoms with Gasteiger partial charge in [0.25, 0.3) is 0 Å². The molecule has 0 saturated heterocycles. The minimum atomic E-state index is -0.548. The van der Waals surface area contributed by atoms with Gasteiger partial charge in [-0.1, -0.05) is 60.6 Å². The molecule has 1 rings (SSSR count). The Kier molecular flexibility index (Phi) is 13.0. The summed E-state index contributed by atoms with van der Waals surface area (Å²) in [6.07, 6.45) is 5.85. The van der Waals surface area contributed by atoms with Gasteiger partial charge in [-0.3, -0.25) is 14.4 Å². The first-order chi connectivity index (χ1) is 17.1. The molecule has 37 heavy (non-hydrogen) atoms. The van der Waals surface area contributed by atoms with Crippen molar-refractivity contribution in [2.24, 2.45) is 22.2 Å². The van der Waals surface area contributed by atoms with Crippen LogP contribution in [0.1, 0.15) is 106 Å². The molecule has 1 aromatic rings. The molecule has 0 aliphatic carbocycles. The van der Waals surface area contributed by atoms with E-state index in [0.29, 0.717) is 26.1 Å². The quantitative estimate of drug-likeness (QED) is 0.157. The van der Waals surface area contributed by atoms with Crippen LogP contribution in [0, 0.1) is 28.0 Å². The van der Waals surface area contributed by atoms with Crippen LogP contribution in [0.4, 0.5) is 4.39 Å². The summed E-state index contributed by atoms with van der Waals surface area (Å²) in [5, 5.41) is 0. The molecule has 0 radical (unpaired) electrons. The first-order valence-corrected chi connectivity index (χ1v) is 13.7. The fourth-order valence-electron chi connectivity index (χ4n) is 4.59. The summed E-state index contributed by atoms with van der Waals surface area (Å²) in [6.45, 7) is 16.6. The van der Waals surface area contributed by atoms with Gasteiger partial charge in [0.2, 0.25) is 0 Å². The molecular weight excluding hydrogens is 471 g/mol. The standard InChI is InChI=1S/C31H49FO5/c1-9-26(28(35)37-21-19-29(3,4)16-10-11-20-36-23(2)33)30(5,6)17-18-31(7,8)27(34)22-24-12-14-25(32)15-13-24/h12-15,26H,9-11,16-22H2,1-8H3. The molecule has 0 saturated carbocycles. The first-order valence-electron chi connectivity index (χ1n) is 13.7. The van der Waals surface area contributed by atoms with E-state index in [1.54, 1.807) is 12.1 Å². The maximum Gasteiger partial charge on any atom is 0.309 e. The second-order valence-corrected chi connectivity index (χ2v) is 12.4. The summed E-state index contributed by atoms with van der Waals surface area (Å²) in [4.78, 5) is 36.9. The third kappa shape index (κ3) is 12.2. The highest BCUT2D eigenvalue weighted by molar-refractivity contribution is 5.86. The highest BCUT2D eigenvalue weighted by Gasteiger charge is 2.38. The van der Waals surface area contributed by atoms with E-state index in [0.717, 1.165) is 37.7 Å². The van der Waals surface area contributed by atoms with Crippen LogP contribution < -0.4 is 0 Å². The molecule has 0 aliphatic heterocycles. The molecule has 0 N–H and O–H groups in total. The molecule has 0 bridgehead atoms. The number of unbranched alkanes of at least 4 members (excludes halogenated alkanes) is 1. The van der Waals surface area contributed by atoms with Crippen molar-refractivity contribution in [2.75, 3.05) is 13.2 Å². The van der Waals surface area contributed by atoms with Crippen molar-refractivity contribution in [2.45, 2.75) is 107 Å². The molecule has 1 aromatic carbocycles. The Balaban J connectivity index is 2.56. The molecule has 0 heterocycles. The Morgan fingerprint density at radius 2 is 1.46 bits per heavy atom. The van der Waals surface area contributed by atoms with Crippen LogP contribution in [0.25, 0.3) is 0 Å². The van der Waals surface area contributed by atoms with Crippen molar-refractivity contribution < 1.29 is 28.2 Å². The fourth-order valence-corrected chi connectivity index (χ4v) is 4.59. The van der Waals surface area contributed by atoms with E-state index in [1.165, 1.54) is 19.1 Å². The van der Waals surface area contributed by atoms with E-state index in [9.17, 15) is 18.8 Å². The molecule has 0 fully saturated rings. The molecule has 210 valence electrons. The molecule has 1 unspecified atom stereocenters. The first kappa shape index (κ1) is 32.8. The molecule has 0 aliphatic rings. The van der Waals surface area contributed by atoms with Gasteiger partial charge in [-0.25, -0.2) is 4.39 Å². The van der Waals surface area contributed by atoms with Crippen molar-refractivity contribution in [1.82, 2.24) is 0 Å². The SMILES string of the molecule is CCC(C(=O)OCCC(C)(C)CCCCOC(C)=O)C(C)(C)CCC(C)(C)C(=O)Cc1ccc(F)cc1. The summed E-state index contributed by atoms with van der Waals surface area (Å²) in [5.74, 6) is -0.870. The van der Waals surface area contributed by atoms with E-state index in [-0.39, 0.29) is 46.7 Å². The third-order valence-electron chi connectivity index (χ3n) is 7.64. The van der Waals surface area contributed by atoms with Crippen molar-refractivity contribution >= 4 is 17.7 Å². The molecule has 5 nitrogen and oxygen atoms in total. The zero-order valence-corrected chi connectivity index (χ0v) is 24.4. The van der Waals surface area contributed by atoms with Gasteiger partial charge in [0.15, 0.2) is 0 Å². The number of ketones is 1. The molecule has 6 heteroatoms.